The minimum atomic E-state index is -0.726. The highest BCUT2D eigenvalue weighted by Gasteiger charge is 2.35. The van der Waals surface area contributed by atoms with E-state index in [2.05, 4.69) is 10.1 Å². The molecule has 1 amide bonds. The molecular weight excluding hydrogens is 352 g/mol. The van der Waals surface area contributed by atoms with Crippen molar-refractivity contribution in [1.29, 1.82) is 0 Å². The Hall–Kier alpha value is -3.09. The maximum atomic E-state index is 13.5. The molecule has 3 aromatic rings. The molecule has 1 saturated heterocycles. The minimum Gasteiger partial charge on any atom is -0.339 e. The summed E-state index contributed by atoms with van der Waals surface area (Å²) in [5.41, 5.74) is 3.16. The third-order valence-corrected chi connectivity index (χ3v) is 4.71. The molecule has 1 aliphatic heterocycles. The van der Waals surface area contributed by atoms with Crippen molar-refractivity contribution in [2.24, 2.45) is 0 Å². The van der Waals surface area contributed by atoms with Gasteiger partial charge in [-0.3, -0.25) is 4.79 Å². The zero-order valence-electron chi connectivity index (χ0n) is 14.9. The molecule has 0 aliphatic carbocycles. The van der Waals surface area contributed by atoms with Gasteiger partial charge in [0, 0.05) is 30.3 Å². The molecule has 4 rings (SSSR count). The number of hydrogen-bond acceptors (Lipinski definition) is 4. The second-order valence-electron chi connectivity index (χ2n) is 6.81. The van der Waals surface area contributed by atoms with Gasteiger partial charge >= 0.3 is 0 Å². The Bertz CT molecular complexity index is 1010. The lowest BCUT2D eigenvalue weighted by Crippen LogP contribution is -2.24. The van der Waals surface area contributed by atoms with E-state index in [4.69, 9.17) is 4.52 Å². The smallest absolute Gasteiger partial charge is 0.232 e. The van der Waals surface area contributed by atoms with Crippen molar-refractivity contribution in [3.63, 3.8) is 0 Å². The number of nitrogens with zero attached hydrogens (tertiary/aromatic N) is 3. The summed E-state index contributed by atoms with van der Waals surface area (Å²) in [6, 6.07) is 9.02. The van der Waals surface area contributed by atoms with Gasteiger partial charge in [-0.2, -0.15) is 4.98 Å². The number of carbonyl (C=O) groups excluding carboxylic acids is 1. The Labute approximate surface area is 154 Å². The highest BCUT2D eigenvalue weighted by molar-refractivity contribution is 5.96. The van der Waals surface area contributed by atoms with Crippen molar-refractivity contribution in [2.75, 3.05) is 11.4 Å². The second kappa shape index (κ2) is 6.57. The van der Waals surface area contributed by atoms with E-state index in [1.54, 1.807) is 0 Å². The van der Waals surface area contributed by atoms with Gasteiger partial charge in [-0.25, -0.2) is 8.78 Å². The van der Waals surface area contributed by atoms with E-state index in [9.17, 15) is 13.6 Å². The molecule has 0 radical (unpaired) electrons. The molecule has 1 atom stereocenters. The average molecular weight is 369 g/mol. The standard InChI is InChI=1S/C20H17F2N3O2/c1-11-3-4-12(2)17(5-11)19-23-20(27-24-19)13-6-18(26)25(10-13)16-8-14(21)7-15(22)9-16/h3-5,7-9,13H,6,10H2,1-2H3. The Balaban J connectivity index is 1.60. The summed E-state index contributed by atoms with van der Waals surface area (Å²) >= 11 is 0. The SMILES string of the molecule is Cc1ccc(C)c(-c2noc(C3CC(=O)N(c4cc(F)cc(F)c4)C3)n2)c1. The summed E-state index contributed by atoms with van der Waals surface area (Å²) in [6.07, 6.45) is 0.145. The van der Waals surface area contributed by atoms with Gasteiger partial charge in [-0.15, -0.1) is 0 Å². The van der Waals surface area contributed by atoms with Crippen molar-refractivity contribution in [1.82, 2.24) is 10.1 Å². The molecule has 0 bridgehead atoms. The van der Waals surface area contributed by atoms with Crippen LogP contribution in [0.1, 0.15) is 29.4 Å². The number of anilines is 1. The van der Waals surface area contributed by atoms with Crippen molar-refractivity contribution in [3.05, 3.63) is 65.1 Å². The van der Waals surface area contributed by atoms with Gasteiger partial charge in [0.05, 0.1) is 5.92 Å². The largest absolute Gasteiger partial charge is 0.339 e. The summed E-state index contributed by atoms with van der Waals surface area (Å²) in [7, 11) is 0. The highest BCUT2D eigenvalue weighted by Crippen LogP contribution is 2.33. The number of benzene rings is 2. The third kappa shape index (κ3) is 3.32. The first-order chi connectivity index (χ1) is 12.9. The average Bonchev–Trinajstić information content (AvgIpc) is 3.23. The highest BCUT2D eigenvalue weighted by atomic mass is 19.1. The van der Waals surface area contributed by atoms with E-state index in [0.717, 1.165) is 34.9 Å². The van der Waals surface area contributed by atoms with Crippen molar-refractivity contribution in [3.8, 4) is 11.4 Å². The molecule has 138 valence electrons. The zero-order valence-corrected chi connectivity index (χ0v) is 14.9. The monoisotopic (exact) mass is 369 g/mol. The van der Waals surface area contributed by atoms with E-state index >= 15 is 0 Å². The number of amides is 1. The van der Waals surface area contributed by atoms with E-state index in [1.165, 1.54) is 4.90 Å². The summed E-state index contributed by atoms with van der Waals surface area (Å²) < 4.78 is 32.3. The molecule has 1 aromatic heterocycles. The van der Waals surface area contributed by atoms with Crippen LogP contribution in [0.3, 0.4) is 0 Å². The fourth-order valence-corrected chi connectivity index (χ4v) is 3.30. The predicted octanol–water partition coefficient (Wildman–Crippen LogP) is 4.15. The molecular formula is C20H17F2N3O2. The van der Waals surface area contributed by atoms with Crippen LogP contribution in [0.4, 0.5) is 14.5 Å². The number of halogens is 2. The van der Waals surface area contributed by atoms with Crippen molar-refractivity contribution in [2.45, 2.75) is 26.2 Å². The Morgan fingerprint density at radius 2 is 1.85 bits per heavy atom. The van der Waals surface area contributed by atoms with Crippen LogP contribution in [0.5, 0.6) is 0 Å². The van der Waals surface area contributed by atoms with Crippen molar-refractivity contribution >= 4 is 11.6 Å². The minimum absolute atomic E-state index is 0.145. The van der Waals surface area contributed by atoms with Crippen LogP contribution in [-0.4, -0.2) is 22.6 Å². The molecule has 1 fully saturated rings. The predicted molar refractivity (Wildman–Crippen MR) is 95.3 cm³/mol. The second-order valence-corrected chi connectivity index (χ2v) is 6.81. The number of aromatic nitrogens is 2. The Morgan fingerprint density at radius 1 is 1.11 bits per heavy atom. The van der Waals surface area contributed by atoms with Gasteiger partial charge < -0.3 is 9.42 Å². The molecule has 2 aromatic carbocycles. The first-order valence-electron chi connectivity index (χ1n) is 8.58. The van der Waals surface area contributed by atoms with Crippen LogP contribution in [-0.2, 0) is 4.79 Å². The van der Waals surface area contributed by atoms with Crippen molar-refractivity contribution < 1.29 is 18.1 Å². The maximum Gasteiger partial charge on any atom is 0.232 e. The lowest BCUT2D eigenvalue weighted by molar-refractivity contribution is -0.117. The lowest BCUT2D eigenvalue weighted by Gasteiger charge is -2.16. The quantitative estimate of drug-likeness (QED) is 0.696. The number of hydrogen-bond donors (Lipinski definition) is 0. The van der Waals surface area contributed by atoms with E-state index in [0.29, 0.717) is 11.7 Å². The van der Waals surface area contributed by atoms with E-state index < -0.39 is 11.6 Å². The summed E-state index contributed by atoms with van der Waals surface area (Å²) in [4.78, 5) is 18.2. The van der Waals surface area contributed by atoms with Crippen LogP contribution in [0, 0.1) is 25.5 Å². The number of rotatable bonds is 3. The molecule has 2 heterocycles. The molecule has 5 nitrogen and oxygen atoms in total. The summed E-state index contributed by atoms with van der Waals surface area (Å²) in [6.45, 7) is 4.18. The molecule has 1 unspecified atom stereocenters. The molecule has 0 N–H and O–H groups in total. The van der Waals surface area contributed by atoms with Gasteiger partial charge in [0.15, 0.2) is 0 Å². The fraction of sp³-hybridized carbons (Fsp3) is 0.250. The molecule has 27 heavy (non-hydrogen) atoms. The first kappa shape index (κ1) is 17.3. The third-order valence-electron chi connectivity index (χ3n) is 4.71. The van der Waals surface area contributed by atoms with E-state index in [1.807, 2.05) is 32.0 Å². The number of carbonyl (C=O) groups is 1. The van der Waals surface area contributed by atoms with Gasteiger partial charge in [-0.1, -0.05) is 22.9 Å². The molecule has 0 spiro atoms. The molecule has 7 heteroatoms. The van der Waals surface area contributed by atoms with Gasteiger partial charge in [0.25, 0.3) is 0 Å². The Kier molecular flexibility index (Phi) is 4.22. The van der Waals surface area contributed by atoms with Crippen LogP contribution >= 0.6 is 0 Å². The van der Waals surface area contributed by atoms with Gasteiger partial charge in [0.1, 0.15) is 11.6 Å². The Morgan fingerprint density at radius 3 is 2.59 bits per heavy atom. The summed E-state index contributed by atoms with van der Waals surface area (Å²) in [5, 5.41) is 4.05. The fourth-order valence-electron chi connectivity index (χ4n) is 3.30. The topological polar surface area (TPSA) is 59.2 Å². The maximum absolute atomic E-state index is 13.5. The normalized spacial score (nSPS) is 17.0. The van der Waals surface area contributed by atoms with Gasteiger partial charge in [-0.05, 0) is 37.6 Å². The van der Waals surface area contributed by atoms with Crippen LogP contribution in [0.25, 0.3) is 11.4 Å². The summed E-state index contributed by atoms with van der Waals surface area (Å²) in [5.74, 6) is -1.20. The first-order valence-corrected chi connectivity index (χ1v) is 8.58. The lowest BCUT2D eigenvalue weighted by atomic mass is 10.1. The van der Waals surface area contributed by atoms with Crippen LogP contribution < -0.4 is 4.90 Å². The zero-order chi connectivity index (χ0) is 19.1. The van der Waals surface area contributed by atoms with Gasteiger partial charge in [0.2, 0.25) is 17.6 Å². The molecule has 0 saturated carbocycles. The van der Waals surface area contributed by atoms with E-state index in [-0.39, 0.29) is 30.5 Å². The number of aryl methyl sites for hydroxylation is 2. The van der Waals surface area contributed by atoms with Crippen LogP contribution in [0.15, 0.2) is 40.9 Å². The van der Waals surface area contributed by atoms with Crippen LogP contribution in [0.2, 0.25) is 0 Å². The molecule has 1 aliphatic rings.